The van der Waals surface area contributed by atoms with Gasteiger partial charge in [-0.15, -0.1) is 0 Å². The highest BCUT2D eigenvalue weighted by Crippen LogP contribution is 2.40. The summed E-state index contributed by atoms with van der Waals surface area (Å²) in [4.78, 5) is 39.7. The number of hydrogen-bond acceptors (Lipinski definition) is 6. The Morgan fingerprint density at radius 1 is 1.26 bits per heavy atom. The van der Waals surface area contributed by atoms with E-state index < -0.39 is 29.5 Å². The van der Waals surface area contributed by atoms with Crippen LogP contribution in [0.5, 0.6) is 5.75 Å². The number of fused-ring (bicyclic) bond motifs is 3. The minimum atomic E-state index is -0.568. The molecular weight excluding hydrogens is 515 g/mol. The zero-order valence-corrected chi connectivity index (χ0v) is 22.0. The molecule has 2 aromatic carbocycles. The van der Waals surface area contributed by atoms with Crippen molar-refractivity contribution in [1.29, 1.82) is 0 Å². The Kier molecular flexibility index (Phi) is 8.31. The third kappa shape index (κ3) is 5.80. The van der Waals surface area contributed by atoms with Gasteiger partial charge in [0.25, 0.3) is 5.91 Å². The van der Waals surface area contributed by atoms with Crippen LogP contribution in [0.2, 0.25) is 5.02 Å². The first-order valence-electron chi connectivity index (χ1n) is 12.1. The molecule has 0 radical (unpaired) electrons. The van der Waals surface area contributed by atoms with Gasteiger partial charge in [-0.3, -0.25) is 19.1 Å². The highest BCUT2D eigenvalue weighted by molar-refractivity contribution is 6.31. The number of aromatic nitrogens is 2. The SMILES string of the molecule is CCOC(=O)C(C)CNC(=O)CN(Cc1ccccc1F)C(=O)c1nn(C)c2c1COc1ccc(Cl)cc1-2. The van der Waals surface area contributed by atoms with Crippen molar-refractivity contribution in [2.24, 2.45) is 13.0 Å². The standard InChI is InChI=1S/C27H28ClFN4O5/c1-4-37-27(36)16(2)12-30-23(34)14-33(13-17-7-5-6-8-21(17)29)26(35)24-20-15-38-22-10-9-18(28)11-19(22)25(20)32(3)31-24/h5-11,16H,4,12-15H2,1-3H3,(H,30,34). The van der Waals surface area contributed by atoms with E-state index in [1.807, 2.05) is 0 Å². The molecule has 1 atom stereocenters. The van der Waals surface area contributed by atoms with Crippen LogP contribution >= 0.6 is 11.6 Å². The molecule has 2 heterocycles. The predicted octanol–water partition coefficient (Wildman–Crippen LogP) is 3.73. The normalized spacial score (nSPS) is 12.6. The molecule has 200 valence electrons. The average Bonchev–Trinajstić information content (AvgIpc) is 3.24. The first-order chi connectivity index (χ1) is 18.2. The Labute approximate surface area is 224 Å². The first kappa shape index (κ1) is 27.1. The van der Waals surface area contributed by atoms with Crippen molar-refractivity contribution < 1.29 is 28.2 Å². The molecular formula is C27H28ClFN4O5. The fourth-order valence-corrected chi connectivity index (χ4v) is 4.39. The monoisotopic (exact) mass is 542 g/mol. The summed E-state index contributed by atoms with van der Waals surface area (Å²) in [5.41, 5.74) is 2.25. The van der Waals surface area contributed by atoms with Gasteiger partial charge in [-0.05, 0) is 31.2 Å². The number of esters is 1. The Bertz CT molecular complexity index is 1380. The molecule has 9 nitrogen and oxygen atoms in total. The summed E-state index contributed by atoms with van der Waals surface area (Å²) in [5, 5.41) is 7.60. The maximum absolute atomic E-state index is 14.5. The maximum Gasteiger partial charge on any atom is 0.310 e. The largest absolute Gasteiger partial charge is 0.488 e. The molecule has 0 saturated heterocycles. The van der Waals surface area contributed by atoms with Crippen molar-refractivity contribution in [1.82, 2.24) is 20.0 Å². The van der Waals surface area contributed by atoms with Crippen molar-refractivity contribution in [3.05, 3.63) is 70.1 Å². The zero-order chi connectivity index (χ0) is 27.4. The van der Waals surface area contributed by atoms with Gasteiger partial charge >= 0.3 is 5.97 Å². The second kappa shape index (κ2) is 11.6. The van der Waals surface area contributed by atoms with Crippen LogP contribution in [0, 0.1) is 11.7 Å². The number of nitrogens with one attached hydrogen (secondary N) is 1. The van der Waals surface area contributed by atoms with Crippen LogP contribution in [0.4, 0.5) is 4.39 Å². The minimum Gasteiger partial charge on any atom is -0.488 e. The molecule has 1 aliphatic heterocycles. The number of aryl methyl sites for hydroxylation is 1. The van der Waals surface area contributed by atoms with Gasteiger partial charge in [0.05, 0.1) is 18.2 Å². The van der Waals surface area contributed by atoms with Gasteiger partial charge in [-0.2, -0.15) is 5.10 Å². The quantitative estimate of drug-likeness (QED) is 0.413. The third-order valence-corrected chi connectivity index (χ3v) is 6.39. The van der Waals surface area contributed by atoms with E-state index in [4.69, 9.17) is 21.1 Å². The number of hydrogen-bond donors (Lipinski definition) is 1. The summed E-state index contributed by atoms with van der Waals surface area (Å²) in [5.74, 6) is -1.97. The topological polar surface area (TPSA) is 103 Å². The van der Waals surface area contributed by atoms with Crippen LogP contribution in [0.1, 0.15) is 35.5 Å². The highest BCUT2D eigenvalue weighted by atomic mass is 35.5. The van der Waals surface area contributed by atoms with Crippen LogP contribution in [-0.2, 0) is 34.5 Å². The van der Waals surface area contributed by atoms with Crippen molar-refractivity contribution in [3.63, 3.8) is 0 Å². The van der Waals surface area contributed by atoms with Gasteiger partial charge < -0.3 is 19.7 Å². The molecule has 1 aliphatic rings. The van der Waals surface area contributed by atoms with Gasteiger partial charge in [-0.25, -0.2) is 4.39 Å². The van der Waals surface area contributed by atoms with E-state index in [9.17, 15) is 18.8 Å². The lowest BCUT2D eigenvalue weighted by molar-refractivity contribution is -0.147. The summed E-state index contributed by atoms with van der Waals surface area (Å²) in [6.07, 6.45) is 0. The van der Waals surface area contributed by atoms with Crippen LogP contribution in [0.3, 0.4) is 0 Å². The Hall–Kier alpha value is -3.92. The molecule has 38 heavy (non-hydrogen) atoms. The van der Waals surface area contributed by atoms with E-state index in [0.717, 1.165) is 0 Å². The summed E-state index contributed by atoms with van der Waals surface area (Å²) < 4.78 is 26.9. The summed E-state index contributed by atoms with van der Waals surface area (Å²) in [6.45, 7) is 3.14. The van der Waals surface area contributed by atoms with E-state index in [-0.39, 0.29) is 44.1 Å². The lowest BCUT2D eigenvalue weighted by Gasteiger charge is -2.23. The predicted molar refractivity (Wildman–Crippen MR) is 138 cm³/mol. The molecule has 3 aromatic rings. The van der Waals surface area contributed by atoms with Crippen molar-refractivity contribution >= 4 is 29.4 Å². The zero-order valence-electron chi connectivity index (χ0n) is 21.3. The lowest BCUT2D eigenvalue weighted by Crippen LogP contribution is -2.42. The van der Waals surface area contributed by atoms with Crippen LogP contribution in [0.15, 0.2) is 42.5 Å². The molecule has 1 aromatic heterocycles. The van der Waals surface area contributed by atoms with Gasteiger partial charge in [0.1, 0.15) is 24.7 Å². The Balaban J connectivity index is 1.61. The Morgan fingerprint density at radius 2 is 2.03 bits per heavy atom. The molecule has 1 unspecified atom stereocenters. The van der Waals surface area contributed by atoms with E-state index in [1.54, 1.807) is 62.0 Å². The molecule has 4 rings (SSSR count). The van der Waals surface area contributed by atoms with Crippen molar-refractivity contribution in [2.75, 3.05) is 19.7 Å². The third-order valence-electron chi connectivity index (χ3n) is 6.15. The molecule has 0 bridgehead atoms. The number of amides is 2. The van der Waals surface area contributed by atoms with E-state index in [0.29, 0.717) is 27.6 Å². The van der Waals surface area contributed by atoms with Crippen LogP contribution in [0.25, 0.3) is 11.3 Å². The number of carbonyl (C=O) groups excluding carboxylic acids is 3. The molecule has 0 fully saturated rings. The molecule has 11 heteroatoms. The fourth-order valence-electron chi connectivity index (χ4n) is 4.22. The van der Waals surface area contributed by atoms with E-state index >= 15 is 0 Å². The number of halogens is 2. The second-order valence-corrected chi connectivity index (χ2v) is 9.37. The molecule has 1 N–H and O–H groups in total. The number of benzene rings is 2. The Morgan fingerprint density at radius 3 is 2.76 bits per heavy atom. The number of ether oxygens (including phenoxy) is 2. The number of carbonyl (C=O) groups is 3. The molecule has 0 saturated carbocycles. The van der Waals surface area contributed by atoms with Gasteiger partial charge in [-0.1, -0.05) is 36.7 Å². The van der Waals surface area contributed by atoms with Crippen molar-refractivity contribution in [3.8, 4) is 17.0 Å². The molecule has 2 amide bonds. The van der Waals surface area contributed by atoms with Crippen molar-refractivity contribution in [2.45, 2.75) is 27.0 Å². The average molecular weight is 543 g/mol. The van der Waals surface area contributed by atoms with Gasteiger partial charge in [0, 0.05) is 41.9 Å². The second-order valence-electron chi connectivity index (χ2n) is 8.94. The fraction of sp³-hybridized carbons (Fsp3) is 0.333. The lowest BCUT2D eigenvalue weighted by atomic mass is 10.0. The maximum atomic E-state index is 14.5. The van der Waals surface area contributed by atoms with Crippen LogP contribution in [-0.4, -0.2) is 52.2 Å². The number of rotatable bonds is 9. The van der Waals surface area contributed by atoms with Crippen LogP contribution < -0.4 is 10.1 Å². The van der Waals surface area contributed by atoms with E-state index in [1.165, 1.54) is 11.0 Å². The van der Waals surface area contributed by atoms with Gasteiger partial charge in [0.15, 0.2) is 5.69 Å². The molecule has 0 spiro atoms. The van der Waals surface area contributed by atoms with Gasteiger partial charge in [0.2, 0.25) is 5.91 Å². The number of nitrogens with zero attached hydrogens (tertiary/aromatic N) is 3. The molecule has 0 aliphatic carbocycles. The smallest absolute Gasteiger partial charge is 0.310 e. The highest BCUT2D eigenvalue weighted by Gasteiger charge is 2.32. The first-order valence-corrected chi connectivity index (χ1v) is 12.5. The van der Waals surface area contributed by atoms with E-state index in [2.05, 4.69) is 10.4 Å². The minimum absolute atomic E-state index is 0.0315. The summed E-state index contributed by atoms with van der Waals surface area (Å²) in [7, 11) is 1.70. The summed E-state index contributed by atoms with van der Waals surface area (Å²) in [6, 6.07) is 11.2. The summed E-state index contributed by atoms with van der Waals surface area (Å²) >= 11 is 6.20.